The maximum Gasteiger partial charge on any atom is 0.185 e. The van der Waals surface area contributed by atoms with Gasteiger partial charge in [-0.15, -0.1) is 0 Å². The highest BCUT2D eigenvalue weighted by molar-refractivity contribution is 6.14. The quantitative estimate of drug-likeness (QED) is 0.406. The molecule has 25 heavy (non-hydrogen) atoms. The highest BCUT2D eigenvalue weighted by Gasteiger charge is 2.35. The van der Waals surface area contributed by atoms with E-state index in [9.17, 15) is 4.79 Å². The summed E-state index contributed by atoms with van der Waals surface area (Å²) in [6.45, 7) is 8.60. The van der Waals surface area contributed by atoms with Crippen LogP contribution >= 0.6 is 0 Å². The van der Waals surface area contributed by atoms with Crippen molar-refractivity contribution in [1.29, 1.82) is 0 Å². The summed E-state index contributed by atoms with van der Waals surface area (Å²) in [5, 5.41) is 0. The Morgan fingerprint density at radius 2 is 1.76 bits per heavy atom. The van der Waals surface area contributed by atoms with Crippen molar-refractivity contribution in [3.05, 3.63) is 52.1 Å². The number of unbranched alkanes of at least 4 members (excludes halogenated alkanes) is 3. The molecule has 0 amide bonds. The summed E-state index contributed by atoms with van der Waals surface area (Å²) in [6, 6.07) is 8.18. The minimum Gasteiger partial charge on any atom is -0.497 e. The van der Waals surface area contributed by atoms with E-state index >= 15 is 0 Å². The number of hydrogen-bond donors (Lipinski definition) is 0. The van der Waals surface area contributed by atoms with Crippen LogP contribution in [0, 0.1) is 0 Å². The minimum absolute atomic E-state index is 0.111. The molecule has 0 spiro atoms. The number of carbonyl (C=O) groups is 1. The van der Waals surface area contributed by atoms with Crippen LogP contribution in [0.3, 0.4) is 0 Å². The Morgan fingerprint density at radius 1 is 1.08 bits per heavy atom. The van der Waals surface area contributed by atoms with Gasteiger partial charge in [-0.2, -0.15) is 0 Å². The van der Waals surface area contributed by atoms with Gasteiger partial charge in [-0.1, -0.05) is 56.4 Å². The predicted molar refractivity (Wildman–Crippen MR) is 105 cm³/mol. The topological polar surface area (TPSA) is 26.3 Å². The Hall–Kier alpha value is -1.83. The van der Waals surface area contributed by atoms with Crippen molar-refractivity contribution in [2.45, 2.75) is 72.1 Å². The van der Waals surface area contributed by atoms with Gasteiger partial charge in [-0.3, -0.25) is 4.79 Å². The standard InChI is InChI=1S/C23H32O2/c1-6-8-9-10-11-16(3)21-22(17(4)20(7-2)23(21)24)18-12-14-19(25-5)15-13-18/h12-15,22H,6-11H2,1-5H3/b21-16-. The fraction of sp³-hybridized carbons (Fsp3) is 0.522. The summed E-state index contributed by atoms with van der Waals surface area (Å²) >= 11 is 0. The van der Waals surface area contributed by atoms with Crippen molar-refractivity contribution in [3.8, 4) is 5.75 Å². The maximum atomic E-state index is 13.0. The molecule has 0 heterocycles. The fourth-order valence-electron chi connectivity index (χ4n) is 3.91. The molecule has 1 atom stereocenters. The van der Waals surface area contributed by atoms with E-state index in [2.05, 4.69) is 39.8 Å². The first-order chi connectivity index (χ1) is 12.0. The summed E-state index contributed by atoms with van der Waals surface area (Å²) in [5.41, 5.74) is 5.71. The summed E-state index contributed by atoms with van der Waals surface area (Å²) in [5.74, 6) is 1.24. The van der Waals surface area contributed by atoms with Crippen molar-refractivity contribution in [2.24, 2.45) is 0 Å². The highest BCUT2D eigenvalue weighted by atomic mass is 16.5. The smallest absolute Gasteiger partial charge is 0.185 e. The number of Topliss-reactive ketones (excluding diaryl/α,β-unsaturated/α-hetero) is 1. The number of carbonyl (C=O) groups excluding carboxylic acids is 1. The van der Waals surface area contributed by atoms with Crippen LogP contribution in [0.4, 0.5) is 0 Å². The SMILES string of the molecule is CCCCCC/C(C)=C1\C(=O)C(CC)=C(C)C1c1ccc(OC)cc1. The Morgan fingerprint density at radius 3 is 2.32 bits per heavy atom. The van der Waals surface area contributed by atoms with Gasteiger partial charge >= 0.3 is 0 Å². The largest absolute Gasteiger partial charge is 0.497 e. The zero-order valence-corrected chi connectivity index (χ0v) is 16.4. The average Bonchev–Trinajstić information content (AvgIpc) is 2.88. The van der Waals surface area contributed by atoms with Crippen molar-refractivity contribution in [1.82, 2.24) is 0 Å². The molecular formula is C23H32O2. The lowest BCUT2D eigenvalue weighted by atomic mass is 9.85. The molecule has 0 fully saturated rings. The number of allylic oxidation sites excluding steroid dienone is 4. The monoisotopic (exact) mass is 340 g/mol. The van der Waals surface area contributed by atoms with Gasteiger partial charge in [0, 0.05) is 11.5 Å². The molecule has 2 rings (SSSR count). The molecule has 1 aliphatic carbocycles. The molecular weight excluding hydrogens is 308 g/mol. The Bertz CT molecular complexity index is 662. The van der Waals surface area contributed by atoms with Gasteiger partial charge in [-0.25, -0.2) is 0 Å². The van der Waals surface area contributed by atoms with E-state index < -0.39 is 0 Å². The molecule has 0 bridgehead atoms. The van der Waals surface area contributed by atoms with Crippen LogP contribution in [-0.2, 0) is 4.79 Å². The summed E-state index contributed by atoms with van der Waals surface area (Å²) in [7, 11) is 1.68. The lowest BCUT2D eigenvalue weighted by molar-refractivity contribution is -0.112. The third-order valence-electron chi connectivity index (χ3n) is 5.38. The second-order valence-corrected chi connectivity index (χ2v) is 7.06. The van der Waals surface area contributed by atoms with Gasteiger partial charge in [0.15, 0.2) is 5.78 Å². The normalized spacial score (nSPS) is 19.6. The van der Waals surface area contributed by atoms with Crippen LogP contribution in [0.25, 0.3) is 0 Å². The highest BCUT2D eigenvalue weighted by Crippen LogP contribution is 2.44. The second-order valence-electron chi connectivity index (χ2n) is 7.06. The third-order valence-corrected chi connectivity index (χ3v) is 5.38. The number of hydrogen-bond acceptors (Lipinski definition) is 2. The van der Waals surface area contributed by atoms with Gasteiger partial charge in [0.05, 0.1) is 7.11 Å². The minimum atomic E-state index is 0.111. The van der Waals surface area contributed by atoms with E-state index in [4.69, 9.17) is 4.74 Å². The molecule has 2 nitrogen and oxygen atoms in total. The van der Waals surface area contributed by atoms with Crippen LogP contribution in [-0.4, -0.2) is 12.9 Å². The molecule has 0 aliphatic heterocycles. The lowest BCUT2D eigenvalue weighted by Gasteiger charge is -2.18. The first-order valence-corrected chi connectivity index (χ1v) is 9.63. The molecule has 0 saturated carbocycles. The maximum absolute atomic E-state index is 13.0. The van der Waals surface area contributed by atoms with Crippen molar-refractivity contribution < 1.29 is 9.53 Å². The van der Waals surface area contributed by atoms with E-state index in [0.29, 0.717) is 0 Å². The molecule has 0 aromatic heterocycles. The molecule has 1 aliphatic rings. The first-order valence-electron chi connectivity index (χ1n) is 9.63. The lowest BCUT2D eigenvalue weighted by Crippen LogP contribution is -2.07. The van der Waals surface area contributed by atoms with Crippen molar-refractivity contribution in [3.63, 3.8) is 0 Å². The van der Waals surface area contributed by atoms with Gasteiger partial charge < -0.3 is 4.74 Å². The Balaban J connectivity index is 2.36. The Kier molecular flexibility index (Phi) is 7.04. The van der Waals surface area contributed by atoms with Gasteiger partial charge in [0.2, 0.25) is 0 Å². The molecule has 136 valence electrons. The number of ether oxygens (including phenoxy) is 1. The van der Waals surface area contributed by atoms with E-state index in [-0.39, 0.29) is 11.7 Å². The first kappa shape index (κ1) is 19.5. The van der Waals surface area contributed by atoms with Gasteiger partial charge in [0.25, 0.3) is 0 Å². The van der Waals surface area contributed by atoms with E-state index in [0.717, 1.165) is 29.7 Å². The zero-order valence-electron chi connectivity index (χ0n) is 16.4. The van der Waals surface area contributed by atoms with Crippen LogP contribution in [0.5, 0.6) is 5.75 Å². The summed E-state index contributed by atoms with van der Waals surface area (Å²) in [4.78, 5) is 13.0. The van der Waals surface area contributed by atoms with Crippen LogP contribution in [0.15, 0.2) is 46.6 Å². The van der Waals surface area contributed by atoms with E-state index in [1.807, 2.05) is 12.1 Å². The summed E-state index contributed by atoms with van der Waals surface area (Å²) < 4.78 is 5.28. The zero-order chi connectivity index (χ0) is 18.4. The number of rotatable bonds is 8. The van der Waals surface area contributed by atoms with E-state index in [1.54, 1.807) is 7.11 Å². The van der Waals surface area contributed by atoms with E-state index in [1.165, 1.54) is 42.4 Å². The molecule has 1 unspecified atom stereocenters. The predicted octanol–water partition coefficient (Wildman–Crippen LogP) is 6.37. The average molecular weight is 341 g/mol. The van der Waals surface area contributed by atoms with Crippen LogP contribution in [0.2, 0.25) is 0 Å². The Labute approximate surface area is 153 Å². The van der Waals surface area contributed by atoms with Crippen LogP contribution in [0.1, 0.15) is 77.7 Å². The second kappa shape index (κ2) is 9.03. The molecule has 0 N–H and O–H groups in total. The number of benzene rings is 1. The molecule has 1 aromatic carbocycles. The van der Waals surface area contributed by atoms with Gasteiger partial charge in [-0.05, 0) is 56.4 Å². The summed E-state index contributed by atoms with van der Waals surface area (Å²) in [6.07, 6.45) is 6.77. The van der Waals surface area contributed by atoms with Crippen LogP contribution < -0.4 is 4.74 Å². The number of methoxy groups -OCH3 is 1. The molecule has 0 saturated heterocycles. The number of ketones is 1. The molecule has 0 radical (unpaired) electrons. The van der Waals surface area contributed by atoms with Crippen molar-refractivity contribution >= 4 is 5.78 Å². The molecule has 2 heteroatoms. The third kappa shape index (κ3) is 4.23. The van der Waals surface area contributed by atoms with Gasteiger partial charge in [0.1, 0.15) is 5.75 Å². The van der Waals surface area contributed by atoms with Crippen molar-refractivity contribution in [2.75, 3.05) is 7.11 Å². The fourth-order valence-corrected chi connectivity index (χ4v) is 3.91. The molecule has 1 aromatic rings.